The summed E-state index contributed by atoms with van der Waals surface area (Å²) in [7, 11) is 0. The number of aromatic nitrogens is 1. The molecule has 0 bridgehead atoms. The number of carbonyl (C=O) groups is 1. The molecule has 0 aliphatic carbocycles. The Labute approximate surface area is 137 Å². The van der Waals surface area contributed by atoms with Crippen molar-refractivity contribution in [2.75, 3.05) is 0 Å². The molecule has 2 unspecified atom stereocenters. The van der Waals surface area contributed by atoms with Gasteiger partial charge in [0.2, 0.25) is 5.91 Å². The van der Waals surface area contributed by atoms with Gasteiger partial charge >= 0.3 is 0 Å². The van der Waals surface area contributed by atoms with Crippen LogP contribution in [-0.4, -0.2) is 17.2 Å². The maximum Gasteiger partial charge on any atom is 0.225 e. The Balaban J connectivity index is 1.61. The fourth-order valence-corrected chi connectivity index (χ4v) is 2.84. The second-order valence-corrected chi connectivity index (χ2v) is 5.81. The van der Waals surface area contributed by atoms with Gasteiger partial charge in [-0.1, -0.05) is 11.2 Å². The summed E-state index contributed by atoms with van der Waals surface area (Å²) in [6.07, 6.45) is 0.0329. The second kappa shape index (κ2) is 6.66. The van der Waals surface area contributed by atoms with E-state index >= 15 is 0 Å². The van der Waals surface area contributed by atoms with Crippen LogP contribution in [0.4, 0.5) is 8.78 Å². The van der Waals surface area contributed by atoms with Gasteiger partial charge in [0.1, 0.15) is 17.4 Å². The summed E-state index contributed by atoms with van der Waals surface area (Å²) in [5.74, 6) is -0.848. The molecule has 8 heteroatoms. The van der Waals surface area contributed by atoms with Crippen LogP contribution in [-0.2, 0) is 11.2 Å². The van der Waals surface area contributed by atoms with Crippen LogP contribution in [0.3, 0.4) is 0 Å². The number of nitrogens with zero attached hydrogens (tertiary/aromatic N) is 1. The van der Waals surface area contributed by atoms with Crippen LogP contribution < -0.4 is 16.2 Å². The zero-order valence-corrected chi connectivity index (χ0v) is 13.3. The van der Waals surface area contributed by atoms with Gasteiger partial charge in [-0.2, -0.15) is 0 Å². The van der Waals surface area contributed by atoms with Gasteiger partial charge in [-0.05, 0) is 26.0 Å². The molecule has 1 aromatic heterocycles. The summed E-state index contributed by atoms with van der Waals surface area (Å²) in [5, 5.41) is 6.59. The molecule has 24 heavy (non-hydrogen) atoms. The van der Waals surface area contributed by atoms with Crippen molar-refractivity contribution >= 4 is 5.91 Å². The van der Waals surface area contributed by atoms with Gasteiger partial charge in [0, 0.05) is 17.5 Å². The minimum Gasteiger partial charge on any atom is -0.361 e. The minimum atomic E-state index is -0.614. The number of hydrogen-bond acceptors (Lipinski definition) is 5. The van der Waals surface area contributed by atoms with E-state index in [1.165, 1.54) is 18.2 Å². The third kappa shape index (κ3) is 3.29. The van der Waals surface area contributed by atoms with Crippen molar-refractivity contribution in [1.82, 2.24) is 21.3 Å². The van der Waals surface area contributed by atoms with Gasteiger partial charge in [0.05, 0.1) is 24.3 Å². The molecule has 0 radical (unpaired) electrons. The van der Waals surface area contributed by atoms with E-state index in [0.717, 1.165) is 5.56 Å². The largest absolute Gasteiger partial charge is 0.361 e. The molecule has 2 atom stereocenters. The highest BCUT2D eigenvalue weighted by molar-refractivity contribution is 5.79. The van der Waals surface area contributed by atoms with E-state index in [9.17, 15) is 13.6 Å². The second-order valence-electron chi connectivity index (χ2n) is 5.81. The predicted molar refractivity (Wildman–Crippen MR) is 81.6 cm³/mol. The molecule has 3 rings (SSSR count). The molecule has 2 aromatic rings. The highest BCUT2D eigenvalue weighted by Gasteiger charge is 2.30. The quantitative estimate of drug-likeness (QED) is 0.793. The summed E-state index contributed by atoms with van der Waals surface area (Å²) in [4.78, 5) is 12.2. The zero-order valence-electron chi connectivity index (χ0n) is 13.3. The fraction of sp³-hybridized carbons (Fsp3) is 0.375. The molecule has 0 saturated carbocycles. The molecule has 2 heterocycles. The van der Waals surface area contributed by atoms with Crippen molar-refractivity contribution < 1.29 is 18.1 Å². The summed E-state index contributed by atoms with van der Waals surface area (Å²) in [6, 6.07) is 3.18. The third-order valence-corrected chi connectivity index (χ3v) is 4.11. The van der Waals surface area contributed by atoms with Gasteiger partial charge in [0.25, 0.3) is 0 Å². The number of nitrogens with one attached hydrogen (secondary N) is 3. The molecule has 3 N–H and O–H groups in total. The summed E-state index contributed by atoms with van der Waals surface area (Å²) < 4.78 is 32.7. The normalized spacial score (nSPS) is 20.3. The highest BCUT2D eigenvalue weighted by Crippen LogP contribution is 2.26. The van der Waals surface area contributed by atoms with Crippen molar-refractivity contribution in [2.45, 2.75) is 38.9 Å². The Hall–Kier alpha value is -2.32. The van der Waals surface area contributed by atoms with E-state index in [4.69, 9.17) is 4.52 Å². The van der Waals surface area contributed by atoms with Crippen molar-refractivity contribution in [3.63, 3.8) is 0 Å². The first-order valence-corrected chi connectivity index (χ1v) is 7.61. The van der Waals surface area contributed by atoms with Crippen molar-refractivity contribution in [3.05, 3.63) is 52.4 Å². The SMILES string of the molecule is Cc1noc(C)c1CC(=O)NC1CC(c2c(F)cccc2F)NN1. The first kappa shape index (κ1) is 16.5. The number of halogens is 2. The molecule has 0 spiro atoms. The highest BCUT2D eigenvalue weighted by atomic mass is 19.1. The Kier molecular flexibility index (Phi) is 4.59. The van der Waals surface area contributed by atoms with Gasteiger partial charge in [-0.3, -0.25) is 4.79 Å². The molecular formula is C16H18F2N4O2. The van der Waals surface area contributed by atoms with Crippen LogP contribution >= 0.6 is 0 Å². The van der Waals surface area contributed by atoms with Crippen LogP contribution in [0.25, 0.3) is 0 Å². The topological polar surface area (TPSA) is 79.2 Å². The van der Waals surface area contributed by atoms with Crippen molar-refractivity contribution in [2.24, 2.45) is 0 Å². The van der Waals surface area contributed by atoms with E-state index in [1.54, 1.807) is 13.8 Å². The summed E-state index contributed by atoms with van der Waals surface area (Å²) >= 11 is 0. The lowest BCUT2D eigenvalue weighted by atomic mass is 10.0. The molecule has 1 saturated heterocycles. The lowest BCUT2D eigenvalue weighted by Crippen LogP contribution is -2.44. The number of benzene rings is 1. The number of hydrazine groups is 1. The smallest absolute Gasteiger partial charge is 0.225 e. The summed E-state index contributed by atoms with van der Waals surface area (Å²) in [5.41, 5.74) is 7.04. The average Bonchev–Trinajstić information content (AvgIpc) is 3.09. The Morgan fingerprint density at radius 1 is 1.33 bits per heavy atom. The first-order valence-electron chi connectivity index (χ1n) is 7.61. The molecule has 128 valence electrons. The first-order chi connectivity index (χ1) is 11.5. The third-order valence-electron chi connectivity index (χ3n) is 4.11. The molecule has 1 amide bonds. The number of amides is 1. The fourth-order valence-electron chi connectivity index (χ4n) is 2.84. The van der Waals surface area contributed by atoms with Gasteiger partial charge in [-0.15, -0.1) is 0 Å². The predicted octanol–water partition coefficient (Wildman–Crippen LogP) is 1.79. The number of carbonyl (C=O) groups excluding carboxylic acids is 1. The molecule has 1 fully saturated rings. The number of rotatable bonds is 4. The maximum atomic E-state index is 13.8. The van der Waals surface area contributed by atoms with Crippen LogP contribution in [0.2, 0.25) is 0 Å². The average molecular weight is 336 g/mol. The van der Waals surface area contributed by atoms with E-state index in [0.29, 0.717) is 17.9 Å². The van der Waals surface area contributed by atoms with Crippen LogP contribution in [0.5, 0.6) is 0 Å². The molecule has 1 aliphatic heterocycles. The van der Waals surface area contributed by atoms with Crippen molar-refractivity contribution in [3.8, 4) is 0 Å². The monoisotopic (exact) mass is 336 g/mol. The Morgan fingerprint density at radius 3 is 2.67 bits per heavy atom. The lowest BCUT2D eigenvalue weighted by molar-refractivity contribution is -0.121. The maximum absolute atomic E-state index is 13.8. The van der Waals surface area contributed by atoms with Gasteiger partial charge in [0.15, 0.2) is 0 Å². The Morgan fingerprint density at radius 2 is 2.04 bits per heavy atom. The van der Waals surface area contributed by atoms with Crippen LogP contribution in [0, 0.1) is 25.5 Å². The molecule has 1 aliphatic rings. The zero-order chi connectivity index (χ0) is 17.3. The van der Waals surface area contributed by atoms with E-state index in [-0.39, 0.29) is 17.9 Å². The summed E-state index contributed by atoms with van der Waals surface area (Å²) in [6.45, 7) is 3.51. The Bertz CT molecular complexity index is 723. The molecule has 6 nitrogen and oxygen atoms in total. The van der Waals surface area contributed by atoms with E-state index < -0.39 is 23.8 Å². The van der Waals surface area contributed by atoms with E-state index in [2.05, 4.69) is 21.3 Å². The molecular weight excluding hydrogens is 318 g/mol. The van der Waals surface area contributed by atoms with Crippen LogP contribution in [0.1, 0.15) is 35.0 Å². The van der Waals surface area contributed by atoms with E-state index in [1.807, 2.05) is 0 Å². The molecule has 1 aromatic carbocycles. The van der Waals surface area contributed by atoms with Crippen molar-refractivity contribution in [1.29, 1.82) is 0 Å². The number of hydrogen-bond donors (Lipinski definition) is 3. The van der Waals surface area contributed by atoms with Crippen LogP contribution in [0.15, 0.2) is 22.7 Å². The van der Waals surface area contributed by atoms with Gasteiger partial charge < -0.3 is 9.84 Å². The standard InChI is InChI=1S/C16H18F2N4O2/c1-8-10(9(2)24-22-8)6-15(23)19-14-7-13(20-21-14)16-11(17)4-3-5-12(16)18/h3-5,13-14,20-21H,6-7H2,1-2H3,(H,19,23). The minimum absolute atomic E-state index is 0.0347. The lowest BCUT2D eigenvalue weighted by Gasteiger charge is -2.13. The number of aryl methyl sites for hydroxylation is 2. The van der Waals surface area contributed by atoms with Gasteiger partial charge in [-0.25, -0.2) is 19.6 Å².